The van der Waals surface area contributed by atoms with Crippen LogP contribution in [-0.2, 0) is 6.54 Å². The molecule has 0 unspecified atom stereocenters. The van der Waals surface area contributed by atoms with Crippen LogP contribution in [0.1, 0.15) is 24.4 Å². The van der Waals surface area contributed by atoms with E-state index < -0.39 is 0 Å². The summed E-state index contributed by atoms with van der Waals surface area (Å²) < 4.78 is 1.70. The minimum Gasteiger partial charge on any atom is -0.330 e. The lowest BCUT2D eigenvalue weighted by Crippen LogP contribution is -2.23. The van der Waals surface area contributed by atoms with Crippen LogP contribution in [0.25, 0.3) is 0 Å². The number of nitrogens with two attached hydrogens (primary N) is 1. The number of aryl methyl sites for hydroxylation is 2. The Bertz CT molecular complexity index is 357. The van der Waals surface area contributed by atoms with Gasteiger partial charge in [0, 0.05) is 18.3 Å². The van der Waals surface area contributed by atoms with E-state index in [0.717, 1.165) is 30.9 Å². The van der Waals surface area contributed by atoms with Gasteiger partial charge in [0.05, 0.1) is 0 Å². The number of unbranched alkanes of at least 4 members (excludes halogenated alkanes) is 1. The molecule has 0 saturated carbocycles. The van der Waals surface area contributed by atoms with E-state index in [1.54, 1.807) is 10.6 Å². The monoisotopic (exact) mass is 195 g/mol. The number of hydrogen-bond acceptors (Lipinski definition) is 3. The van der Waals surface area contributed by atoms with E-state index in [2.05, 4.69) is 4.98 Å². The van der Waals surface area contributed by atoms with E-state index in [4.69, 9.17) is 5.73 Å². The van der Waals surface area contributed by atoms with Gasteiger partial charge in [0.2, 0.25) is 0 Å². The molecule has 1 aromatic heterocycles. The van der Waals surface area contributed by atoms with Gasteiger partial charge >= 0.3 is 0 Å². The molecule has 0 aliphatic rings. The van der Waals surface area contributed by atoms with E-state index in [0.29, 0.717) is 6.54 Å². The van der Waals surface area contributed by atoms with Gasteiger partial charge in [-0.2, -0.15) is 0 Å². The molecule has 0 amide bonds. The standard InChI is InChI=1S/C10H17N3O/c1-8-7-10(14)13(9(2)12-8)6-4-3-5-11/h7H,3-6,11H2,1-2H3. The maximum absolute atomic E-state index is 11.5. The number of hydrogen-bond donors (Lipinski definition) is 1. The highest BCUT2D eigenvalue weighted by atomic mass is 16.1. The summed E-state index contributed by atoms with van der Waals surface area (Å²) in [4.78, 5) is 15.8. The second-order valence-electron chi connectivity index (χ2n) is 3.43. The van der Waals surface area contributed by atoms with E-state index >= 15 is 0 Å². The number of rotatable bonds is 4. The highest BCUT2D eigenvalue weighted by Crippen LogP contribution is 1.96. The summed E-state index contributed by atoms with van der Waals surface area (Å²) in [5.74, 6) is 0.784. The fourth-order valence-electron chi connectivity index (χ4n) is 1.45. The molecule has 0 aliphatic heterocycles. The average molecular weight is 195 g/mol. The molecule has 1 heterocycles. The van der Waals surface area contributed by atoms with Crippen LogP contribution in [0, 0.1) is 13.8 Å². The van der Waals surface area contributed by atoms with E-state index in [1.165, 1.54) is 0 Å². The molecule has 0 aromatic carbocycles. The zero-order valence-electron chi connectivity index (χ0n) is 8.79. The Labute approximate surface area is 83.8 Å². The van der Waals surface area contributed by atoms with Crippen molar-refractivity contribution in [2.75, 3.05) is 6.54 Å². The summed E-state index contributed by atoms with van der Waals surface area (Å²) in [6.07, 6.45) is 1.88. The summed E-state index contributed by atoms with van der Waals surface area (Å²) >= 11 is 0. The molecule has 1 aromatic rings. The first-order valence-electron chi connectivity index (χ1n) is 4.90. The predicted octanol–water partition coefficient (Wildman–Crippen LogP) is 0.599. The van der Waals surface area contributed by atoms with Gasteiger partial charge in [0.1, 0.15) is 5.82 Å². The minimum absolute atomic E-state index is 0.0343. The molecule has 1 rings (SSSR count). The van der Waals surface area contributed by atoms with Gasteiger partial charge < -0.3 is 5.73 Å². The third kappa shape index (κ3) is 2.67. The minimum atomic E-state index is 0.0343. The van der Waals surface area contributed by atoms with Crippen molar-refractivity contribution < 1.29 is 0 Å². The number of aromatic nitrogens is 2. The Morgan fingerprint density at radius 3 is 2.71 bits per heavy atom. The zero-order chi connectivity index (χ0) is 10.6. The van der Waals surface area contributed by atoms with Gasteiger partial charge in [-0.15, -0.1) is 0 Å². The normalized spacial score (nSPS) is 10.5. The van der Waals surface area contributed by atoms with Crippen LogP contribution in [0.3, 0.4) is 0 Å². The smallest absolute Gasteiger partial charge is 0.253 e. The predicted molar refractivity (Wildman–Crippen MR) is 56.3 cm³/mol. The van der Waals surface area contributed by atoms with Crippen molar-refractivity contribution in [2.24, 2.45) is 5.73 Å². The van der Waals surface area contributed by atoms with Gasteiger partial charge in [-0.1, -0.05) is 0 Å². The van der Waals surface area contributed by atoms with Crippen molar-refractivity contribution in [3.05, 3.63) is 27.9 Å². The second kappa shape index (κ2) is 4.91. The van der Waals surface area contributed by atoms with Crippen molar-refractivity contribution in [3.63, 3.8) is 0 Å². The van der Waals surface area contributed by atoms with Crippen molar-refractivity contribution in [1.82, 2.24) is 9.55 Å². The molecule has 0 atom stereocenters. The first-order chi connectivity index (χ1) is 6.65. The first kappa shape index (κ1) is 10.9. The Balaban J connectivity index is 2.81. The van der Waals surface area contributed by atoms with Gasteiger partial charge in [0.25, 0.3) is 5.56 Å². The van der Waals surface area contributed by atoms with Crippen molar-refractivity contribution in [3.8, 4) is 0 Å². The SMILES string of the molecule is Cc1cc(=O)n(CCCCN)c(C)n1. The summed E-state index contributed by atoms with van der Waals surface area (Å²) in [5, 5.41) is 0. The van der Waals surface area contributed by atoms with Crippen molar-refractivity contribution in [1.29, 1.82) is 0 Å². The number of nitrogens with zero attached hydrogens (tertiary/aromatic N) is 2. The molecule has 0 spiro atoms. The van der Waals surface area contributed by atoms with Gasteiger partial charge in [-0.05, 0) is 33.2 Å². The lowest BCUT2D eigenvalue weighted by Gasteiger charge is -2.08. The third-order valence-corrected chi connectivity index (χ3v) is 2.16. The zero-order valence-corrected chi connectivity index (χ0v) is 8.79. The highest BCUT2D eigenvalue weighted by Gasteiger charge is 2.01. The van der Waals surface area contributed by atoms with Crippen LogP contribution in [0.2, 0.25) is 0 Å². The van der Waals surface area contributed by atoms with Crippen LogP contribution in [0.15, 0.2) is 10.9 Å². The summed E-state index contributed by atoms with van der Waals surface area (Å²) in [6.45, 7) is 5.08. The molecule has 0 bridgehead atoms. The van der Waals surface area contributed by atoms with E-state index in [9.17, 15) is 4.79 Å². The topological polar surface area (TPSA) is 60.9 Å². The Hall–Kier alpha value is -1.16. The van der Waals surface area contributed by atoms with Crippen LogP contribution >= 0.6 is 0 Å². The summed E-state index contributed by atoms with van der Waals surface area (Å²) in [7, 11) is 0. The maximum atomic E-state index is 11.5. The Morgan fingerprint density at radius 2 is 2.14 bits per heavy atom. The molecule has 4 heteroatoms. The molecule has 0 radical (unpaired) electrons. The molecule has 0 saturated heterocycles. The quantitative estimate of drug-likeness (QED) is 0.716. The van der Waals surface area contributed by atoms with Gasteiger partial charge in [0.15, 0.2) is 0 Å². The van der Waals surface area contributed by atoms with Crippen LogP contribution in [-0.4, -0.2) is 16.1 Å². The summed E-state index contributed by atoms with van der Waals surface area (Å²) in [5.41, 5.74) is 6.20. The molecule has 0 aliphatic carbocycles. The lowest BCUT2D eigenvalue weighted by molar-refractivity contribution is 0.572. The van der Waals surface area contributed by atoms with Crippen molar-refractivity contribution >= 4 is 0 Å². The summed E-state index contributed by atoms with van der Waals surface area (Å²) in [6, 6.07) is 1.56. The van der Waals surface area contributed by atoms with E-state index in [-0.39, 0.29) is 5.56 Å². The molecule has 78 valence electrons. The van der Waals surface area contributed by atoms with Gasteiger partial charge in [-0.25, -0.2) is 4.98 Å². The van der Waals surface area contributed by atoms with E-state index in [1.807, 2.05) is 13.8 Å². The van der Waals surface area contributed by atoms with Crippen LogP contribution in [0.5, 0.6) is 0 Å². The molecule has 4 nitrogen and oxygen atoms in total. The molecule has 2 N–H and O–H groups in total. The second-order valence-corrected chi connectivity index (χ2v) is 3.43. The van der Waals surface area contributed by atoms with Crippen LogP contribution in [0.4, 0.5) is 0 Å². The highest BCUT2D eigenvalue weighted by molar-refractivity contribution is 5.01. The molecule has 14 heavy (non-hydrogen) atoms. The molecular formula is C10H17N3O. The molecular weight excluding hydrogens is 178 g/mol. The third-order valence-electron chi connectivity index (χ3n) is 2.16. The van der Waals surface area contributed by atoms with Gasteiger partial charge in [-0.3, -0.25) is 9.36 Å². The Morgan fingerprint density at radius 1 is 1.43 bits per heavy atom. The largest absolute Gasteiger partial charge is 0.330 e. The van der Waals surface area contributed by atoms with Crippen molar-refractivity contribution in [2.45, 2.75) is 33.2 Å². The maximum Gasteiger partial charge on any atom is 0.253 e. The fraction of sp³-hybridized carbons (Fsp3) is 0.600. The Kier molecular flexibility index (Phi) is 3.83. The lowest BCUT2D eigenvalue weighted by atomic mass is 10.3. The first-order valence-corrected chi connectivity index (χ1v) is 4.90. The molecule has 0 fully saturated rings. The average Bonchev–Trinajstić information content (AvgIpc) is 2.09. The van der Waals surface area contributed by atoms with Crippen LogP contribution < -0.4 is 11.3 Å². The fourth-order valence-corrected chi connectivity index (χ4v) is 1.45.